The molecule has 1 aromatic carbocycles. The largest absolute Gasteiger partial charge is 0.379 e. The first-order valence-corrected chi connectivity index (χ1v) is 8.08. The monoisotopic (exact) mass is 312 g/mol. The highest BCUT2D eigenvalue weighted by Gasteiger charge is 2.39. The van der Waals surface area contributed by atoms with Crippen LogP contribution in [-0.4, -0.2) is 53.7 Å². The highest BCUT2D eigenvalue weighted by atomic mass is 32.2. The Labute approximate surface area is 128 Å². The zero-order chi connectivity index (χ0) is 15.5. The van der Waals surface area contributed by atoms with Crippen molar-refractivity contribution in [3.8, 4) is 0 Å². The van der Waals surface area contributed by atoms with Gasteiger partial charge in [0.25, 0.3) is 5.91 Å². The number of thioether (sulfide) groups is 1. The topological polar surface area (TPSA) is 52.6 Å². The molecule has 2 N–H and O–H groups in total. The van der Waals surface area contributed by atoms with Gasteiger partial charge in [-0.3, -0.25) is 4.79 Å². The van der Waals surface area contributed by atoms with Gasteiger partial charge in [0.15, 0.2) is 5.60 Å². The van der Waals surface area contributed by atoms with Crippen LogP contribution in [0.5, 0.6) is 0 Å². The molecule has 1 fully saturated rings. The van der Waals surface area contributed by atoms with Crippen LogP contribution in [-0.2, 0) is 4.79 Å². The van der Waals surface area contributed by atoms with E-state index >= 15 is 0 Å². The first kappa shape index (κ1) is 16.3. The number of rotatable bonds is 5. The van der Waals surface area contributed by atoms with E-state index in [0.29, 0.717) is 18.7 Å². The molecular formula is C15H21FN2O2S. The number of carbonyl (C=O) groups is 1. The molecule has 0 bridgehead atoms. The minimum atomic E-state index is -1.25. The van der Waals surface area contributed by atoms with Crippen molar-refractivity contribution in [3.05, 3.63) is 35.6 Å². The van der Waals surface area contributed by atoms with E-state index in [1.54, 1.807) is 23.9 Å². The smallest absolute Gasteiger partial charge is 0.252 e. The maximum absolute atomic E-state index is 13.0. The molecule has 4 nitrogen and oxygen atoms in total. The first-order valence-electron chi connectivity index (χ1n) is 6.93. The number of carbonyl (C=O) groups excluding carboxylic acids is 1. The third kappa shape index (κ3) is 3.96. The van der Waals surface area contributed by atoms with E-state index in [1.165, 1.54) is 12.1 Å². The number of nitrogens with zero attached hydrogens (tertiary/aromatic N) is 1. The second kappa shape index (κ2) is 6.77. The summed E-state index contributed by atoms with van der Waals surface area (Å²) in [5.74, 6) is 0.653. The molecule has 2 rings (SSSR count). The van der Waals surface area contributed by atoms with Crippen molar-refractivity contribution in [1.82, 2.24) is 10.2 Å². The van der Waals surface area contributed by atoms with Crippen LogP contribution in [0.4, 0.5) is 4.39 Å². The summed E-state index contributed by atoms with van der Waals surface area (Å²) in [7, 11) is 3.81. The van der Waals surface area contributed by atoms with Crippen LogP contribution < -0.4 is 5.32 Å². The standard InChI is InChI=1S/C15H21FN2O2S/c1-18(2)13(11-3-5-12(16)6-4-11)9-17-14(19)15(20)7-8-21-10-15/h3-6,13,20H,7-10H2,1-2H3,(H,17,19). The van der Waals surface area contributed by atoms with Gasteiger partial charge in [-0.15, -0.1) is 0 Å². The lowest BCUT2D eigenvalue weighted by atomic mass is 10.0. The Bertz CT molecular complexity index is 487. The predicted octanol–water partition coefficient (Wildman–Crippen LogP) is 1.41. The van der Waals surface area contributed by atoms with Gasteiger partial charge < -0.3 is 15.3 Å². The zero-order valence-electron chi connectivity index (χ0n) is 12.3. The van der Waals surface area contributed by atoms with E-state index < -0.39 is 5.60 Å². The van der Waals surface area contributed by atoms with Crippen LogP contribution in [0.2, 0.25) is 0 Å². The summed E-state index contributed by atoms with van der Waals surface area (Å²) in [6, 6.07) is 6.19. The Morgan fingerprint density at radius 2 is 2.14 bits per heavy atom. The van der Waals surface area contributed by atoms with E-state index in [9.17, 15) is 14.3 Å². The number of nitrogens with one attached hydrogen (secondary N) is 1. The number of halogens is 1. The Morgan fingerprint density at radius 1 is 1.48 bits per heavy atom. The molecule has 2 unspecified atom stereocenters. The number of amides is 1. The van der Waals surface area contributed by atoms with Crippen molar-refractivity contribution >= 4 is 17.7 Å². The lowest BCUT2D eigenvalue weighted by Crippen LogP contribution is -2.48. The number of likely N-dealkylation sites (N-methyl/N-ethyl adjacent to an activating group) is 1. The fourth-order valence-corrected chi connectivity index (χ4v) is 3.61. The molecule has 2 atom stereocenters. The van der Waals surface area contributed by atoms with E-state index in [4.69, 9.17) is 0 Å². The second-order valence-electron chi connectivity index (χ2n) is 5.58. The summed E-state index contributed by atoms with van der Waals surface area (Å²) in [5, 5.41) is 13.0. The summed E-state index contributed by atoms with van der Waals surface area (Å²) < 4.78 is 13.0. The molecule has 1 aromatic rings. The van der Waals surface area contributed by atoms with Crippen molar-refractivity contribution in [2.75, 3.05) is 32.1 Å². The lowest BCUT2D eigenvalue weighted by molar-refractivity contribution is -0.137. The van der Waals surface area contributed by atoms with Gasteiger partial charge in [0.2, 0.25) is 0 Å². The minimum absolute atomic E-state index is 0.0628. The van der Waals surface area contributed by atoms with Gasteiger partial charge in [-0.05, 0) is 44.0 Å². The fraction of sp³-hybridized carbons (Fsp3) is 0.533. The zero-order valence-corrected chi connectivity index (χ0v) is 13.1. The molecule has 6 heteroatoms. The maximum Gasteiger partial charge on any atom is 0.252 e. The van der Waals surface area contributed by atoms with Gasteiger partial charge in [0, 0.05) is 12.3 Å². The van der Waals surface area contributed by atoms with Crippen molar-refractivity contribution in [2.24, 2.45) is 0 Å². The Kier molecular flexibility index (Phi) is 5.24. The van der Waals surface area contributed by atoms with Crippen LogP contribution in [0.25, 0.3) is 0 Å². The minimum Gasteiger partial charge on any atom is -0.379 e. The molecular weight excluding hydrogens is 291 g/mol. The van der Waals surface area contributed by atoms with Crippen molar-refractivity contribution in [1.29, 1.82) is 0 Å². The van der Waals surface area contributed by atoms with Crippen LogP contribution in [0.3, 0.4) is 0 Å². The molecule has 1 aliphatic rings. The quantitative estimate of drug-likeness (QED) is 0.863. The number of hydrogen-bond acceptors (Lipinski definition) is 4. The van der Waals surface area contributed by atoms with Gasteiger partial charge in [-0.1, -0.05) is 12.1 Å². The summed E-state index contributed by atoms with van der Waals surface area (Å²) in [4.78, 5) is 14.1. The molecule has 0 spiro atoms. The number of benzene rings is 1. The Hall–Kier alpha value is -1.11. The lowest BCUT2D eigenvalue weighted by Gasteiger charge is -2.27. The molecule has 1 heterocycles. The molecule has 116 valence electrons. The first-order chi connectivity index (χ1) is 9.92. The van der Waals surface area contributed by atoms with E-state index in [1.807, 2.05) is 19.0 Å². The van der Waals surface area contributed by atoms with Gasteiger partial charge in [-0.2, -0.15) is 11.8 Å². The fourth-order valence-electron chi connectivity index (χ4n) is 2.37. The Morgan fingerprint density at radius 3 is 2.67 bits per heavy atom. The molecule has 1 aliphatic heterocycles. The summed E-state index contributed by atoms with van der Waals surface area (Å²) in [6.07, 6.45) is 0.493. The van der Waals surface area contributed by atoms with E-state index in [2.05, 4.69) is 5.32 Å². The van der Waals surface area contributed by atoms with E-state index in [0.717, 1.165) is 11.3 Å². The van der Waals surface area contributed by atoms with Crippen molar-refractivity contribution in [3.63, 3.8) is 0 Å². The van der Waals surface area contributed by atoms with Crippen LogP contribution in [0.1, 0.15) is 18.0 Å². The average Bonchev–Trinajstić information content (AvgIpc) is 2.88. The molecule has 0 radical (unpaired) electrons. The third-order valence-electron chi connectivity index (χ3n) is 3.76. The molecule has 1 amide bonds. The van der Waals surface area contributed by atoms with Crippen LogP contribution >= 0.6 is 11.8 Å². The van der Waals surface area contributed by atoms with E-state index in [-0.39, 0.29) is 17.8 Å². The van der Waals surface area contributed by atoms with Gasteiger partial charge in [0.1, 0.15) is 5.82 Å². The highest BCUT2D eigenvalue weighted by molar-refractivity contribution is 7.99. The summed E-state index contributed by atoms with van der Waals surface area (Å²) >= 11 is 1.58. The summed E-state index contributed by atoms with van der Waals surface area (Å²) in [6.45, 7) is 0.379. The third-order valence-corrected chi connectivity index (χ3v) is 4.93. The second-order valence-corrected chi connectivity index (χ2v) is 6.68. The van der Waals surface area contributed by atoms with Crippen molar-refractivity contribution in [2.45, 2.75) is 18.1 Å². The van der Waals surface area contributed by atoms with Gasteiger partial charge in [-0.25, -0.2) is 4.39 Å². The highest BCUT2D eigenvalue weighted by Crippen LogP contribution is 2.28. The molecule has 21 heavy (non-hydrogen) atoms. The SMILES string of the molecule is CN(C)C(CNC(=O)C1(O)CCSC1)c1ccc(F)cc1. The normalized spacial score (nSPS) is 23.3. The molecule has 1 saturated heterocycles. The van der Waals surface area contributed by atoms with Crippen LogP contribution in [0, 0.1) is 5.82 Å². The van der Waals surface area contributed by atoms with Crippen molar-refractivity contribution < 1.29 is 14.3 Å². The summed E-state index contributed by atoms with van der Waals surface area (Å²) in [5.41, 5.74) is -0.320. The molecule has 0 aliphatic carbocycles. The van der Waals surface area contributed by atoms with Crippen LogP contribution in [0.15, 0.2) is 24.3 Å². The molecule has 0 saturated carbocycles. The number of aliphatic hydroxyl groups is 1. The average molecular weight is 312 g/mol. The molecule has 0 aromatic heterocycles. The van der Waals surface area contributed by atoms with Gasteiger partial charge in [0.05, 0.1) is 6.04 Å². The maximum atomic E-state index is 13.0. The van der Waals surface area contributed by atoms with Gasteiger partial charge >= 0.3 is 0 Å². The predicted molar refractivity (Wildman–Crippen MR) is 82.7 cm³/mol. The Balaban J connectivity index is 2.00. The number of hydrogen-bond donors (Lipinski definition) is 2.